The molecular formula is C10H16N2S. The molecule has 4 N–H and O–H groups in total. The third-order valence-corrected chi connectivity index (χ3v) is 2.47. The summed E-state index contributed by atoms with van der Waals surface area (Å²) in [5, 5.41) is 0. The molecule has 0 aromatic heterocycles. The Kier molecular flexibility index (Phi) is 3.63. The number of hydrogen-bond acceptors (Lipinski definition) is 3. The van der Waals surface area contributed by atoms with Crippen molar-refractivity contribution in [3.8, 4) is 0 Å². The summed E-state index contributed by atoms with van der Waals surface area (Å²) in [5.74, 6) is 0.511. The van der Waals surface area contributed by atoms with Gasteiger partial charge in [0, 0.05) is 10.6 Å². The quantitative estimate of drug-likeness (QED) is 0.509. The summed E-state index contributed by atoms with van der Waals surface area (Å²) in [6, 6.07) is 5.92. The fourth-order valence-corrected chi connectivity index (χ4v) is 1.44. The van der Waals surface area contributed by atoms with Crippen molar-refractivity contribution in [1.82, 2.24) is 0 Å². The normalized spacial score (nSPS) is 12.8. The summed E-state index contributed by atoms with van der Waals surface area (Å²) in [5.41, 5.74) is 13.2. The second-order valence-corrected chi connectivity index (χ2v) is 3.92. The first-order chi connectivity index (χ1) is 6.13. The van der Waals surface area contributed by atoms with Gasteiger partial charge in [0.2, 0.25) is 0 Å². The molecule has 1 atom stereocenters. The van der Waals surface area contributed by atoms with Crippen molar-refractivity contribution in [2.75, 3.05) is 12.3 Å². The van der Waals surface area contributed by atoms with Gasteiger partial charge < -0.3 is 11.5 Å². The van der Waals surface area contributed by atoms with Gasteiger partial charge in [0.1, 0.15) is 0 Å². The highest BCUT2D eigenvalue weighted by Gasteiger charge is 2.02. The van der Waals surface area contributed by atoms with Crippen molar-refractivity contribution >= 4 is 18.3 Å². The minimum absolute atomic E-state index is 0.511. The second-order valence-electron chi connectivity index (χ2n) is 3.44. The van der Waals surface area contributed by atoms with E-state index in [0.717, 1.165) is 17.0 Å². The predicted octanol–water partition coefficient (Wildman–Crippen LogP) is 1.69. The summed E-state index contributed by atoms with van der Waals surface area (Å²) in [6.07, 6.45) is 0.990. The lowest BCUT2D eigenvalue weighted by molar-refractivity contribution is 0.592. The number of thiol groups is 1. The van der Waals surface area contributed by atoms with Gasteiger partial charge in [0.05, 0.1) is 0 Å². The van der Waals surface area contributed by atoms with Crippen LogP contribution in [0.5, 0.6) is 0 Å². The maximum atomic E-state index is 5.65. The van der Waals surface area contributed by atoms with E-state index in [2.05, 4.69) is 19.6 Å². The number of nitrogen functional groups attached to an aromatic ring is 1. The van der Waals surface area contributed by atoms with Gasteiger partial charge in [-0.2, -0.15) is 0 Å². The number of anilines is 1. The molecule has 1 aromatic rings. The fraction of sp³-hybridized carbons (Fsp3) is 0.400. The van der Waals surface area contributed by atoms with Gasteiger partial charge in [-0.1, -0.05) is 13.0 Å². The van der Waals surface area contributed by atoms with E-state index in [1.807, 2.05) is 18.2 Å². The molecule has 0 aliphatic carbocycles. The Labute approximate surface area is 84.7 Å². The van der Waals surface area contributed by atoms with Crippen molar-refractivity contribution < 1.29 is 0 Å². The fourth-order valence-electron chi connectivity index (χ4n) is 1.20. The molecule has 0 bridgehead atoms. The highest BCUT2D eigenvalue weighted by atomic mass is 32.1. The summed E-state index contributed by atoms with van der Waals surface area (Å²) in [4.78, 5) is 0.849. The first kappa shape index (κ1) is 10.4. The third kappa shape index (κ3) is 2.94. The molecule has 1 unspecified atom stereocenters. The summed E-state index contributed by atoms with van der Waals surface area (Å²) < 4.78 is 0. The molecule has 0 amide bonds. The highest BCUT2D eigenvalue weighted by molar-refractivity contribution is 7.80. The van der Waals surface area contributed by atoms with Gasteiger partial charge in [0.25, 0.3) is 0 Å². The molecule has 1 rings (SSSR count). The lowest BCUT2D eigenvalue weighted by Gasteiger charge is -2.09. The zero-order valence-electron chi connectivity index (χ0n) is 7.83. The summed E-state index contributed by atoms with van der Waals surface area (Å²) in [7, 11) is 0. The number of benzene rings is 1. The van der Waals surface area contributed by atoms with E-state index in [9.17, 15) is 0 Å². The molecule has 2 nitrogen and oxygen atoms in total. The largest absolute Gasteiger partial charge is 0.398 e. The first-order valence-corrected chi connectivity index (χ1v) is 4.85. The van der Waals surface area contributed by atoms with Gasteiger partial charge in [-0.15, -0.1) is 12.6 Å². The van der Waals surface area contributed by atoms with Crippen LogP contribution >= 0.6 is 12.6 Å². The van der Waals surface area contributed by atoms with Gasteiger partial charge >= 0.3 is 0 Å². The Morgan fingerprint density at radius 1 is 1.46 bits per heavy atom. The lowest BCUT2D eigenvalue weighted by atomic mass is 10.0. The number of hydrogen-bond donors (Lipinski definition) is 3. The van der Waals surface area contributed by atoms with E-state index in [-0.39, 0.29) is 0 Å². The average Bonchev–Trinajstić information content (AvgIpc) is 2.11. The predicted molar refractivity (Wildman–Crippen MR) is 60.0 cm³/mol. The maximum Gasteiger partial charge on any atom is 0.0449 e. The van der Waals surface area contributed by atoms with Crippen molar-refractivity contribution in [3.05, 3.63) is 23.8 Å². The molecule has 0 fully saturated rings. The second kappa shape index (κ2) is 4.53. The Morgan fingerprint density at radius 2 is 2.15 bits per heavy atom. The summed E-state index contributed by atoms with van der Waals surface area (Å²) in [6.45, 7) is 2.85. The van der Waals surface area contributed by atoms with Gasteiger partial charge in [-0.25, -0.2) is 0 Å². The first-order valence-electron chi connectivity index (χ1n) is 4.41. The molecule has 0 heterocycles. The Hall–Kier alpha value is -0.670. The van der Waals surface area contributed by atoms with Gasteiger partial charge in [-0.05, 0) is 36.6 Å². The molecule has 72 valence electrons. The van der Waals surface area contributed by atoms with E-state index in [1.54, 1.807) is 0 Å². The van der Waals surface area contributed by atoms with Crippen LogP contribution in [-0.4, -0.2) is 6.54 Å². The van der Waals surface area contributed by atoms with Crippen LogP contribution in [0.15, 0.2) is 23.1 Å². The molecule has 0 saturated heterocycles. The zero-order chi connectivity index (χ0) is 9.84. The van der Waals surface area contributed by atoms with Crippen molar-refractivity contribution in [3.63, 3.8) is 0 Å². The topological polar surface area (TPSA) is 52.0 Å². The molecule has 3 heteroatoms. The standard InChI is InChI=1S/C10H16N2S/c1-7(6-11)4-8-2-3-9(12)10(13)5-8/h2-3,5,7,13H,4,6,11-12H2,1H3. The van der Waals surface area contributed by atoms with E-state index in [1.165, 1.54) is 5.56 Å². The van der Waals surface area contributed by atoms with Gasteiger partial charge in [-0.3, -0.25) is 0 Å². The third-order valence-electron chi connectivity index (χ3n) is 2.08. The molecule has 0 spiro atoms. The molecule has 0 aliphatic heterocycles. The van der Waals surface area contributed by atoms with Crippen LogP contribution in [0.4, 0.5) is 5.69 Å². The lowest BCUT2D eigenvalue weighted by Crippen LogP contribution is -2.13. The Bertz CT molecular complexity index is 286. The van der Waals surface area contributed by atoms with E-state index in [4.69, 9.17) is 11.5 Å². The highest BCUT2D eigenvalue weighted by Crippen LogP contribution is 2.19. The van der Waals surface area contributed by atoms with Crippen molar-refractivity contribution in [2.24, 2.45) is 11.7 Å². The van der Waals surface area contributed by atoms with Crippen molar-refractivity contribution in [2.45, 2.75) is 18.2 Å². The molecule has 0 aliphatic rings. The van der Waals surface area contributed by atoms with Crippen LogP contribution in [0.25, 0.3) is 0 Å². The van der Waals surface area contributed by atoms with Crippen LogP contribution < -0.4 is 11.5 Å². The minimum atomic E-state index is 0.511. The molecule has 1 aromatic carbocycles. The zero-order valence-corrected chi connectivity index (χ0v) is 8.72. The van der Waals surface area contributed by atoms with Crippen LogP contribution in [0.3, 0.4) is 0 Å². The van der Waals surface area contributed by atoms with E-state index >= 15 is 0 Å². The average molecular weight is 196 g/mol. The summed E-state index contributed by atoms with van der Waals surface area (Å²) >= 11 is 4.26. The molecule has 0 radical (unpaired) electrons. The van der Waals surface area contributed by atoms with Crippen molar-refractivity contribution in [1.29, 1.82) is 0 Å². The maximum absolute atomic E-state index is 5.65. The SMILES string of the molecule is CC(CN)Cc1ccc(N)c(S)c1. The van der Waals surface area contributed by atoms with Gasteiger partial charge in [0.15, 0.2) is 0 Å². The Morgan fingerprint density at radius 3 is 2.69 bits per heavy atom. The van der Waals surface area contributed by atoms with Crippen LogP contribution in [-0.2, 0) is 6.42 Å². The van der Waals surface area contributed by atoms with Crippen LogP contribution in [0, 0.1) is 5.92 Å². The molecule has 13 heavy (non-hydrogen) atoms. The minimum Gasteiger partial charge on any atom is -0.398 e. The molecule has 0 saturated carbocycles. The smallest absolute Gasteiger partial charge is 0.0449 e. The molecular weight excluding hydrogens is 180 g/mol. The number of rotatable bonds is 3. The van der Waals surface area contributed by atoms with Crippen LogP contribution in [0.1, 0.15) is 12.5 Å². The monoisotopic (exact) mass is 196 g/mol. The van der Waals surface area contributed by atoms with E-state index < -0.39 is 0 Å². The van der Waals surface area contributed by atoms with Crippen LogP contribution in [0.2, 0.25) is 0 Å². The Balaban J connectivity index is 2.73. The van der Waals surface area contributed by atoms with E-state index in [0.29, 0.717) is 12.5 Å². The number of nitrogens with two attached hydrogens (primary N) is 2.